The monoisotopic (exact) mass is 402 g/mol. The zero-order chi connectivity index (χ0) is 14.0. The number of carbonyl (C=O) groups is 1. The molecule has 2 aromatic rings. The highest BCUT2D eigenvalue weighted by Gasteiger charge is 2.13. The molecular formula is C13H9Br2ClN2O. The molecule has 98 valence electrons. The number of benzene rings is 2. The summed E-state index contributed by atoms with van der Waals surface area (Å²) in [5, 5.41) is 3.14. The summed E-state index contributed by atoms with van der Waals surface area (Å²) in [6.07, 6.45) is 0. The molecule has 0 bridgehead atoms. The van der Waals surface area contributed by atoms with Crippen molar-refractivity contribution in [3.63, 3.8) is 0 Å². The van der Waals surface area contributed by atoms with Gasteiger partial charge in [0.2, 0.25) is 0 Å². The lowest BCUT2D eigenvalue weighted by Gasteiger charge is -2.11. The Labute approximate surface area is 132 Å². The van der Waals surface area contributed by atoms with Crippen molar-refractivity contribution in [3.05, 3.63) is 55.9 Å². The number of rotatable bonds is 2. The van der Waals surface area contributed by atoms with Crippen molar-refractivity contribution in [2.24, 2.45) is 0 Å². The lowest BCUT2D eigenvalue weighted by atomic mass is 10.2. The molecule has 2 rings (SSSR count). The molecule has 0 spiro atoms. The summed E-state index contributed by atoms with van der Waals surface area (Å²) < 4.78 is 1.52. The summed E-state index contributed by atoms with van der Waals surface area (Å²) in [5.41, 5.74) is 7.26. The van der Waals surface area contributed by atoms with Gasteiger partial charge in [-0.25, -0.2) is 0 Å². The van der Waals surface area contributed by atoms with Gasteiger partial charge in [-0.1, -0.05) is 39.7 Å². The van der Waals surface area contributed by atoms with Crippen LogP contribution in [0.3, 0.4) is 0 Å². The summed E-state index contributed by atoms with van der Waals surface area (Å²) in [6.45, 7) is 0. The minimum atomic E-state index is -0.305. The molecular weight excluding hydrogens is 395 g/mol. The number of hydrogen-bond donors (Lipinski definition) is 2. The fraction of sp³-hybridized carbons (Fsp3) is 0. The van der Waals surface area contributed by atoms with Gasteiger partial charge in [-0.05, 0) is 40.2 Å². The molecule has 3 nitrogen and oxygen atoms in total. The third-order valence-corrected chi connectivity index (χ3v) is 3.86. The minimum Gasteiger partial charge on any atom is -0.397 e. The van der Waals surface area contributed by atoms with Gasteiger partial charge in [0.15, 0.2) is 0 Å². The maximum Gasteiger partial charge on any atom is 0.257 e. The molecule has 0 fully saturated rings. The molecule has 0 aromatic heterocycles. The molecule has 0 radical (unpaired) electrons. The number of nitrogens with one attached hydrogen (secondary N) is 1. The van der Waals surface area contributed by atoms with Crippen LogP contribution in [0.15, 0.2) is 45.3 Å². The average Bonchev–Trinajstić information content (AvgIpc) is 2.34. The Kier molecular flexibility index (Phi) is 4.50. The molecule has 0 aliphatic rings. The Hall–Kier alpha value is -1.04. The van der Waals surface area contributed by atoms with Crippen LogP contribution in [0.4, 0.5) is 11.4 Å². The minimum absolute atomic E-state index is 0.305. The SMILES string of the molecule is Nc1cc(Br)cc(Br)c1NC(=O)c1ccccc1Cl. The molecule has 1 amide bonds. The number of amides is 1. The third-order valence-electron chi connectivity index (χ3n) is 2.44. The highest BCUT2D eigenvalue weighted by atomic mass is 79.9. The smallest absolute Gasteiger partial charge is 0.257 e. The average molecular weight is 404 g/mol. The van der Waals surface area contributed by atoms with E-state index >= 15 is 0 Å². The van der Waals surface area contributed by atoms with Crippen LogP contribution in [0.5, 0.6) is 0 Å². The van der Waals surface area contributed by atoms with E-state index in [4.69, 9.17) is 17.3 Å². The van der Waals surface area contributed by atoms with Crippen molar-refractivity contribution in [2.45, 2.75) is 0 Å². The molecule has 0 aliphatic carbocycles. The van der Waals surface area contributed by atoms with E-state index in [1.807, 2.05) is 0 Å². The quantitative estimate of drug-likeness (QED) is 0.713. The van der Waals surface area contributed by atoms with Gasteiger partial charge in [-0.3, -0.25) is 4.79 Å². The normalized spacial score (nSPS) is 10.3. The van der Waals surface area contributed by atoms with Crippen molar-refractivity contribution in [2.75, 3.05) is 11.1 Å². The van der Waals surface area contributed by atoms with E-state index in [-0.39, 0.29) is 5.91 Å². The second kappa shape index (κ2) is 5.94. The molecule has 2 aromatic carbocycles. The van der Waals surface area contributed by atoms with Crippen LogP contribution in [0.2, 0.25) is 5.02 Å². The first kappa shape index (κ1) is 14.4. The van der Waals surface area contributed by atoms with Crippen molar-refractivity contribution in [3.8, 4) is 0 Å². The summed E-state index contributed by atoms with van der Waals surface area (Å²) in [7, 11) is 0. The molecule has 3 N–H and O–H groups in total. The fourth-order valence-electron chi connectivity index (χ4n) is 1.55. The van der Waals surface area contributed by atoms with Crippen molar-refractivity contribution in [1.82, 2.24) is 0 Å². The maximum atomic E-state index is 12.1. The van der Waals surface area contributed by atoms with E-state index in [9.17, 15) is 4.79 Å². The lowest BCUT2D eigenvalue weighted by Crippen LogP contribution is -2.14. The number of carbonyl (C=O) groups excluding carboxylic acids is 1. The third kappa shape index (κ3) is 3.29. The van der Waals surface area contributed by atoms with Gasteiger partial charge in [0, 0.05) is 8.95 Å². The molecule has 19 heavy (non-hydrogen) atoms. The van der Waals surface area contributed by atoms with Crippen molar-refractivity contribution < 1.29 is 4.79 Å². The summed E-state index contributed by atoms with van der Waals surface area (Å²) >= 11 is 12.7. The summed E-state index contributed by atoms with van der Waals surface area (Å²) in [4.78, 5) is 12.1. The first-order chi connectivity index (χ1) is 8.99. The molecule has 0 aliphatic heterocycles. The Bertz CT molecular complexity index is 623. The Balaban J connectivity index is 2.32. The van der Waals surface area contributed by atoms with Gasteiger partial charge in [-0.2, -0.15) is 0 Å². The predicted octanol–water partition coefficient (Wildman–Crippen LogP) is 4.70. The summed E-state index contributed by atoms with van der Waals surface area (Å²) in [6, 6.07) is 10.4. The topological polar surface area (TPSA) is 55.1 Å². The maximum absolute atomic E-state index is 12.1. The van der Waals surface area contributed by atoms with Crippen LogP contribution < -0.4 is 11.1 Å². The first-order valence-corrected chi connectivity index (χ1v) is 7.26. The zero-order valence-electron chi connectivity index (χ0n) is 9.58. The van der Waals surface area contributed by atoms with Gasteiger partial charge >= 0.3 is 0 Å². The molecule has 0 heterocycles. The number of nitrogen functional groups attached to an aromatic ring is 1. The fourth-order valence-corrected chi connectivity index (χ4v) is 3.13. The van der Waals surface area contributed by atoms with Crippen LogP contribution in [0.25, 0.3) is 0 Å². The van der Waals surface area contributed by atoms with Gasteiger partial charge in [0.05, 0.1) is 22.0 Å². The van der Waals surface area contributed by atoms with Crippen LogP contribution in [-0.2, 0) is 0 Å². The largest absolute Gasteiger partial charge is 0.397 e. The summed E-state index contributed by atoms with van der Waals surface area (Å²) in [5.74, 6) is -0.305. The Morgan fingerprint density at radius 3 is 2.53 bits per heavy atom. The van der Waals surface area contributed by atoms with Crippen LogP contribution in [0.1, 0.15) is 10.4 Å². The van der Waals surface area contributed by atoms with E-state index in [2.05, 4.69) is 37.2 Å². The number of halogens is 3. The second-order valence-electron chi connectivity index (χ2n) is 3.79. The number of hydrogen-bond acceptors (Lipinski definition) is 2. The van der Waals surface area contributed by atoms with Gasteiger partial charge < -0.3 is 11.1 Å². The highest BCUT2D eigenvalue weighted by molar-refractivity contribution is 9.11. The van der Waals surface area contributed by atoms with E-state index in [0.717, 1.165) is 4.47 Å². The van der Waals surface area contributed by atoms with Crippen LogP contribution in [-0.4, -0.2) is 5.91 Å². The van der Waals surface area contributed by atoms with Crippen molar-refractivity contribution in [1.29, 1.82) is 0 Å². The zero-order valence-corrected chi connectivity index (χ0v) is 13.5. The van der Waals surface area contributed by atoms with Crippen LogP contribution >= 0.6 is 43.5 Å². The van der Waals surface area contributed by atoms with E-state index in [1.165, 1.54) is 0 Å². The molecule has 0 atom stereocenters. The Morgan fingerprint density at radius 2 is 1.89 bits per heavy atom. The van der Waals surface area contributed by atoms with Gasteiger partial charge in [-0.15, -0.1) is 0 Å². The molecule has 0 saturated carbocycles. The van der Waals surface area contributed by atoms with Gasteiger partial charge in [0.1, 0.15) is 0 Å². The second-order valence-corrected chi connectivity index (χ2v) is 5.96. The number of nitrogens with two attached hydrogens (primary N) is 1. The van der Waals surface area contributed by atoms with E-state index in [0.29, 0.717) is 26.4 Å². The first-order valence-electron chi connectivity index (χ1n) is 5.29. The standard InChI is InChI=1S/C13H9Br2ClN2O/c14-7-5-9(15)12(11(17)6-7)18-13(19)8-3-1-2-4-10(8)16/h1-6H,17H2,(H,18,19). The van der Waals surface area contributed by atoms with Gasteiger partial charge in [0.25, 0.3) is 5.91 Å². The Morgan fingerprint density at radius 1 is 1.21 bits per heavy atom. The van der Waals surface area contributed by atoms with E-state index in [1.54, 1.807) is 36.4 Å². The predicted molar refractivity (Wildman–Crippen MR) is 85.7 cm³/mol. The molecule has 0 unspecified atom stereocenters. The van der Waals surface area contributed by atoms with Crippen LogP contribution in [0, 0.1) is 0 Å². The van der Waals surface area contributed by atoms with E-state index < -0.39 is 0 Å². The van der Waals surface area contributed by atoms with Crippen molar-refractivity contribution >= 4 is 60.7 Å². The molecule has 0 saturated heterocycles. The lowest BCUT2D eigenvalue weighted by molar-refractivity contribution is 0.102. The molecule has 6 heteroatoms. The highest BCUT2D eigenvalue weighted by Crippen LogP contribution is 2.33. The number of anilines is 2.